The highest BCUT2D eigenvalue weighted by molar-refractivity contribution is 5.95. The van der Waals surface area contributed by atoms with Crippen molar-refractivity contribution in [1.82, 2.24) is 5.32 Å². The fraction of sp³-hybridized carbons (Fsp3) is 0.364. The number of carbonyl (C=O) groups is 2. The number of carboxylic acid groups (broad SMARTS) is 1. The first-order chi connectivity index (χ1) is 13.3. The summed E-state index contributed by atoms with van der Waals surface area (Å²) in [5.74, 6) is -0.347. The Morgan fingerprint density at radius 1 is 1.11 bits per heavy atom. The van der Waals surface area contributed by atoms with Crippen molar-refractivity contribution in [2.75, 3.05) is 13.7 Å². The van der Waals surface area contributed by atoms with E-state index in [1.807, 2.05) is 19.9 Å². The minimum atomic E-state index is -1.19. The van der Waals surface area contributed by atoms with E-state index in [0.717, 1.165) is 0 Å². The Kier molecular flexibility index (Phi) is 7.04. The molecule has 0 aliphatic rings. The molecule has 0 radical (unpaired) electrons. The summed E-state index contributed by atoms with van der Waals surface area (Å²) in [5.41, 5.74) is -0.165. The third kappa shape index (κ3) is 4.63. The molecule has 150 valence electrons. The quantitative estimate of drug-likeness (QED) is 0.688. The second-order valence-electron chi connectivity index (χ2n) is 6.82. The summed E-state index contributed by atoms with van der Waals surface area (Å²) < 4.78 is 11.0. The van der Waals surface area contributed by atoms with Gasteiger partial charge in [0.1, 0.15) is 5.41 Å². The number of amides is 1. The van der Waals surface area contributed by atoms with Crippen LogP contribution in [0.4, 0.5) is 0 Å². The molecule has 2 aromatic carbocycles. The highest BCUT2D eigenvalue weighted by atomic mass is 16.5. The fourth-order valence-corrected chi connectivity index (χ4v) is 3.03. The number of carboxylic acids is 1. The highest BCUT2D eigenvalue weighted by Crippen LogP contribution is 2.30. The standard InChI is InChI=1S/C22H27NO5/c1-5-22(21(25)26,17-9-7-6-8-10-17)14-23-20(24)16-11-12-18(28-15(2)3)19(13-16)27-4/h6-13,15H,5,14H2,1-4H3,(H,23,24)(H,25,26). The van der Waals surface area contributed by atoms with Gasteiger partial charge in [-0.15, -0.1) is 0 Å². The zero-order valence-corrected chi connectivity index (χ0v) is 16.7. The van der Waals surface area contributed by atoms with Gasteiger partial charge >= 0.3 is 5.97 Å². The average molecular weight is 385 g/mol. The van der Waals surface area contributed by atoms with Crippen LogP contribution in [-0.2, 0) is 10.2 Å². The number of rotatable bonds is 9. The van der Waals surface area contributed by atoms with E-state index in [1.165, 1.54) is 7.11 Å². The van der Waals surface area contributed by atoms with Gasteiger partial charge < -0.3 is 19.9 Å². The number of hydrogen-bond acceptors (Lipinski definition) is 4. The Hall–Kier alpha value is -3.02. The van der Waals surface area contributed by atoms with Crippen molar-refractivity contribution < 1.29 is 24.2 Å². The Balaban J connectivity index is 2.22. The molecule has 0 fully saturated rings. The maximum absolute atomic E-state index is 12.7. The normalized spacial score (nSPS) is 12.9. The number of ether oxygens (including phenoxy) is 2. The van der Waals surface area contributed by atoms with Gasteiger partial charge in [-0.25, -0.2) is 0 Å². The summed E-state index contributed by atoms with van der Waals surface area (Å²) in [6.45, 7) is 5.59. The van der Waals surface area contributed by atoms with Gasteiger partial charge in [-0.1, -0.05) is 37.3 Å². The molecule has 0 saturated heterocycles. The molecule has 0 aromatic heterocycles. The van der Waals surface area contributed by atoms with Crippen LogP contribution in [0.5, 0.6) is 11.5 Å². The van der Waals surface area contributed by atoms with Crippen molar-refractivity contribution in [1.29, 1.82) is 0 Å². The van der Waals surface area contributed by atoms with E-state index < -0.39 is 11.4 Å². The third-order valence-corrected chi connectivity index (χ3v) is 4.68. The van der Waals surface area contributed by atoms with Crippen molar-refractivity contribution in [2.45, 2.75) is 38.7 Å². The second kappa shape index (κ2) is 9.26. The summed E-state index contributed by atoms with van der Waals surface area (Å²) in [7, 11) is 1.51. The summed E-state index contributed by atoms with van der Waals surface area (Å²) in [6.07, 6.45) is 0.317. The van der Waals surface area contributed by atoms with Crippen LogP contribution in [0.2, 0.25) is 0 Å². The van der Waals surface area contributed by atoms with Gasteiger partial charge in [0.05, 0.1) is 13.2 Å². The van der Waals surface area contributed by atoms with Crippen molar-refractivity contribution in [3.8, 4) is 11.5 Å². The Bertz CT molecular complexity index is 819. The zero-order valence-electron chi connectivity index (χ0n) is 16.7. The SMILES string of the molecule is CCC(CNC(=O)c1ccc(OC(C)C)c(OC)c1)(C(=O)O)c1ccccc1. The van der Waals surface area contributed by atoms with E-state index >= 15 is 0 Å². The number of benzene rings is 2. The van der Waals surface area contributed by atoms with Crippen molar-refractivity contribution >= 4 is 11.9 Å². The van der Waals surface area contributed by atoms with Gasteiger partial charge in [0.2, 0.25) is 0 Å². The molecule has 0 aliphatic heterocycles. The average Bonchev–Trinajstić information content (AvgIpc) is 2.69. The van der Waals surface area contributed by atoms with Gasteiger partial charge in [0.25, 0.3) is 5.91 Å². The predicted octanol–water partition coefficient (Wildman–Crippen LogP) is 3.64. The smallest absolute Gasteiger partial charge is 0.315 e. The molecule has 1 atom stereocenters. The van der Waals surface area contributed by atoms with Crippen LogP contribution < -0.4 is 14.8 Å². The van der Waals surface area contributed by atoms with Crippen LogP contribution in [0.15, 0.2) is 48.5 Å². The van der Waals surface area contributed by atoms with Gasteiger partial charge in [-0.2, -0.15) is 0 Å². The molecule has 0 saturated carbocycles. The van der Waals surface area contributed by atoms with Crippen molar-refractivity contribution in [3.05, 3.63) is 59.7 Å². The summed E-state index contributed by atoms with van der Waals surface area (Å²) in [5, 5.41) is 12.6. The third-order valence-electron chi connectivity index (χ3n) is 4.68. The van der Waals surface area contributed by atoms with Crippen molar-refractivity contribution in [3.63, 3.8) is 0 Å². The lowest BCUT2D eigenvalue weighted by Crippen LogP contribution is -2.46. The molecule has 0 aliphatic carbocycles. The van der Waals surface area contributed by atoms with E-state index in [1.54, 1.807) is 49.4 Å². The molecule has 28 heavy (non-hydrogen) atoms. The Labute approximate surface area is 165 Å². The van der Waals surface area contributed by atoms with Crippen LogP contribution in [0.3, 0.4) is 0 Å². The molecule has 2 rings (SSSR count). The number of hydrogen-bond donors (Lipinski definition) is 2. The molecule has 0 spiro atoms. The molecule has 0 bridgehead atoms. The van der Waals surface area contributed by atoms with Crippen LogP contribution in [0.25, 0.3) is 0 Å². The minimum absolute atomic E-state index is 0.0196. The lowest BCUT2D eigenvalue weighted by Gasteiger charge is -2.29. The van der Waals surface area contributed by atoms with E-state index in [2.05, 4.69) is 5.32 Å². The molecule has 0 heterocycles. The minimum Gasteiger partial charge on any atom is -0.493 e. The lowest BCUT2D eigenvalue weighted by molar-refractivity contribution is -0.143. The number of aliphatic carboxylic acids is 1. The molecule has 2 aromatic rings. The summed E-state index contributed by atoms with van der Waals surface area (Å²) in [6, 6.07) is 13.9. The molecule has 1 unspecified atom stereocenters. The first kappa shape index (κ1) is 21.3. The van der Waals surface area contributed by atoms with E-state index in [4.69, 9.17) is 9.47 Å². The Morgan fingerprint density at radius 3 is 2.32 bits per heavy atom. The summed E-state index contributed by atoms with van der Waals surface area (Å²) >= 11 is 0. The monoisotopic (exact) mass is 385 g/mol. The van der Waals surface area contributed by atoms with Crippen LogP contribution in [0.1, 0.15) is 43.1 Å². The van der Waals surface area contributed by atoms with Crippen LogP contribution in [-0.4, -0.2) is 36.7 Å². The second-order valence-corrected chi connectivity index (χ2v) is 6.82. The fourth-order valence-electron chi connectivity index (χ4n) is 3.03. The first-order valence-corrected chi connectivity index (χ1v) is 9.26. The first-order valence-electron chi connectivity index (χ1n) is 9.26. The molecule has 2 N–H and O–H groups in total. The number of nitrogens with one attached hydrogen (secondary N) is 1. The van der Waals surface area contributed by atoms with Gasteiger partial charge in [-0.3, -0.25) is 9.59 Å². The van der Waals surface area contributed by atoms with E-state index in [0.29, 0.717) is 29.0 Å². The number of methoxy groups -OCH3 is 1. The molecule has 1 amide bonds. The zero-order chi connectivity index (χ0) is 20.7. The summed E-state index contributed by atoms with van der Waals surface area (Å²) in [4.78, 5) is 24.7. The topological polar surface area (TPSA) is 84.9 Å². The van der Waals surface area contributed by atoms with Crippen LogP contribution >= 0.6 is 0 Å². The van der Waals surface area contributed by atoms with Gasteiger partial charge in [0, 0.05) is 12.1 Å². The lowest BCUT2D eigenvalue weighted by atomic mass is 9.78. The predicted molar refractivity (Wildman–Crippen MR) is 107 cm³/mol. The maximum atomic E-state index is 12.7. The molecule has 6 heteroatoms. The van der Waals surface area contributed by atoms with Gasteiger partial charge in [-0.05, 0) is 44.0 Å². The maximum Gasteiger partial charge on any atom is 0.315 e. The largest absolute Gasteiger partial charge is 0.493 e. The van der Waals surface area contributed by atoms with Gasteiger partial charge in [0.15, 0.2) is 11.5 Å². The van der Waals surface area contributed by atoms with E-state index in [9.17, 15) is 14.7 Å². The van der Waals surface area contributed by atoms with Crippen LogP contribution in [0, 0.1) is 0 Å². The van der Waals surface area contributed by atoms with E-state index in [-0.39, 0.29) is 18.6 Å². The van der Waals surface area contributed by atoms with Crippen molar-refractivity contribution in [2.24, 2.45) is 0 Å². The highest BCUT2D eigenvalue weighted by Gasteiger charge is 2.39. The molecule has 6 nitrogen and oxygen atoms in total. The Morgan fingerprint density at radius 2 is 1.79 bits per heavy atom. The molecular weight excluding hydrogens is 358 g/mol. The molecular formula is C22H27NO5. The number of carbonyl (C=O) groups excluding carboxylic acids is 1.